The van der Waals surface area contributed by atoms with Crippen molar-refractivity contribution in [2.75, 3.05) is 6.66 Å². The third kappa shape index (κ3) is 2.35. The van der Waals surface area contributed by atoms with Crippen LogP contribution in [0.4, 0.5) is 0 Å². The van der Waals surface area contributed by atoms with Crippen molar-refractivity contribution >= 4 is 18.5 Å². The van der Waals surface area contributed by atoms with Crippen molar-refractivity contribution in [2.45, 2.75) is 0 Å². The minimum absolute atomic E-state index is 0.335. The standard InChI is InChI=1S/C10H10NO3P/c1-15(12,13)14-9-6-2-4-8-5-3-7-11-10(8)9/h2-7H,1H3,(H,12,13). The van der Waals surface area contributed by atoms with Gasteiger partial charge in [0, 0.05) is 18.2 Å². The van der Waals surface area contributed by atoms with Gasteiger partial charge in [-0.15, -0.1) is 0 Å². The Morgan fingerprint density at radius 1 is 1.33 bits per heavy atom. The third-order valence-corrected chi connectivity index (χ3v) is 2.40. The van der Waals surface area contributed by atoms with Crippen LogP contribution >= 0.6 is 7.60 Å². The number of hydrogen-bond donors (Lipinski definition) is 1. The number of pyridine rings is 1. The lowest BCUT2D eigenvalue weighted by Crippen LogP contribution is -1.91. The molecule has 0 aliphatic carbocycles. The summed E-state index contributed by atoms with van der Waals surface area (Å²) in [5.41, 5.74) is 0.594. The summed E-state index contributed by atoms with van der Waals surface area (Å²) in [5, 5.41) is 0.878. The SMILES string of the molecule is CP(=O)(O)Oc1cccc2cccnc12. The average Bonchev–Trinajstić information content (AvgIpc) is 2.16. The zero-order valence-corrected chi connectivity index (χ0v) is 9.02. The van der Waals surface area contributed by atoms with Gasteiger partial charge in [-0.1, -0.05) is 18.2 Å². The molecule has 0 bridgehead atoms. The van der Waals surface area contributed by atoms with Gasteiger partial charge in [-0.3, -0.25) is 4.98 Å². The highest BCUT2D eigenvalue weighted by molar-refractivity contribution is 7.52. The first-order chi connectivity index (χ1) is 7.06. The van der Waals surface area contributed by atoms with E-state index in [0.29, 0.717) is 11.3 Å². The molecule has 1 atom stereocenters. The van der Waals surface area contributed by atoms with Gasteiger partial charge in [0.15, 0.2) is 5.75 Å². The molecule has 0 fully saturated rings. The molecular formula is C10H10NO3P. The van der Waals surface area contributed by atoms with Crippen molar-refractivity contribution in [1.82, 2.24) is 4.98 Å². The number of para-hydroxylation sites is 1. The molecule has 2 aromatic rings. The summed E-state index contributed by atoms with van der Waals surface area (Å²) in [6.45, 7) is 1.15. The predicted molar refractivity (Wildman–Crippen MR) is 58.1 cm³/mol. The summed E-state index contributed by atoms with van der Waals surface area (Å²) in [7, 11) is -3.53. The van der Waals surface area contributed by atoms with Crippen LogP contribution in [0.25, 0.3) is 10.9 Å². The Balaban J connectivity index is 2.56. The molecule has 15 heavy (non-hydrogen) atoms. The van der Waals surface area contributed by atoms with Crippen LogP contribution < -0.4 is 4.52 Å². The van der Waals surface area contributed by atoms with Crippen molar-refractivity contribution in [1.29, 1.82) is 0 Å². The van der Waals surface area contributed by atoms with E-state index in [1.165, 1.54) is 0 Å². The zero-order chi connectivity index (χ0) is 10.9. The molecule has 4 nitrogen and oxygen atoms in total. The van der Waals surface area contributed by atoms with Crippen molar-refractivity contribution in [2.24, 2.45) is 0 Å². The number of hydrogen-bond acceptors (Lipinski definition) is 3. The van der Waals surface area contributed by atoms with E-state index >= 15 is 0 Å². The number of fused-ring (bicyclic) bond motifs is 1. The van der Waals surface area contributed by atoms with E-state index < -0.39 is 7.60 Å². The molecule has 0 aliphatic heterocycles. The minimum Gasteiger partial charge on any atom is -0.422 e. The summed E-state index contributed by atoms with van der Waals surface area (Å²) in [6.07, 6.45) is 1.62. The second kappa shape index (κ2) is 3.65. The molecule has 1 unspecified atom stereocenters. The molecule has 0 spiro atoms. The first-order valence-corrected chi connectivity index (χ1v) is 6.42. The molecule has 5 heteroatoms. The first-order valence-electron chi connectivity index (χ1n) is 4.40. The Labute approximate surface area is 87.1 Å². The Morgan fingerprint density at radius 2 is 2.07 bits per heavy atom. The third-order valence-electron chi connectivity index (χ3n) is 1.86. The van der Waals surface area contributed by atoms with Crippen LogP contribution in [0.1, 0.15) is 0 Å². The summed E-state index contributed by atoms with van der Waals surface area (Å²) >= 11 is 0. The highest BCUT2D eigenvalue weighted by Crippen LogP contribution is 2.40. The molecule has 78 valence electrons. The maximum absolute atomic E-state index is 11.1. The molecule has 0 saturated carbocycles. The van der Waals surface area contributed by atoms with Gasteiger partial charge in [0.25, 0.3) is 0 Å². The van der Waals surface area contributed by atoms with Crippen LogP contribution in [0.2, 0.25) is 0 Å². The fourth-order valence-electron chi connectivity index (χ4n) is 1.33. The zero-order valence-electron chi connectivity index (χ0n) is 8.12. The van der Waals surface area contributed by atoms with Crippen molar-refractivity contribution in [3.63, 3.8) is 0 Å². The maximum atomic E-state index is 11.1. The molecule has 2 rings (SSSR count). The lowest BCUT2D eigenvalue weighted by Gasteiger charge is -2.09. The molecule has 0 aliphatic rings. The van der Waals surface area contributed by atoms with Crippen LogP contribution in [-0.4, -0.2) is 16.5 Å². The van der Waals surface area contributed by atoms with Gasteiger partial charge in [0.2, 0.25) is 0 Å². The Morgan fingerprint density at radius 3 is 2.80 bits per heavy atom. The Kier molecular flexibility index (Phi) is 2.47. The largest absolute Gasteiger partial charge is 0.422 e. The molecule has 1 aromatic carbocycles. The molecular weight excluding hydrogens is 213 g/mol. The Bertz CT molecular complexity index is 530. The van der Waals surface area contributed by atoms with E-state index in [1.54, 1.807) is 24.4 Å². The molecule has 1 aromatic heterocycles. The van der Waals surface area contributed by atoms with Gasteiger partial charge < -0.3 is 9.42 Å². The topological polar surface area (TPSA) is 59.4 Å². The lowest BCUT2D eigenvalue weighted by molar-refractivity contribution is 0.389. The van der Waals surface area contributed by atoms with Gasteiger partial charge >= 0.3 is 7.60 Å². The van der Waals surface area contributed by atoms with Crippen LogP contribution in [0.15, 0.2) is 36.5 Å². The fourth-order valence-corrected chi connectivity index (χ4v) is 1.84. The van der Waals surface area contributed by atoms with Crippen LogP contribution in [0.5, 0.6) is 5.75 Å². The Hall–Kier alpha value is -1.38. The monoisotopic (exact) mass is 223 g/mol. The molecule has 1 heterocycles. The normalized spacial score (nSPS) is 14.8. The maximum Gasteiger partial charge on any atom is 0.373 e. The predicted octanol–water partition coefficient (Wildman–Crippen LogP) is 2.43. The highest BCUT2D eigenvalue weighted by Gasteiger charge is 2.14. The van der Waals surface area contributed by atoms with Crippen molar-refractivity contribution in [3.8, 4) is 5.75 Å². The second-order valence-electron chi connectivity index (χ2n) is 3.23. The van der Waals surface area contributed by atoms with E-state index in [1.807, 2.05) is 12.1 Å². The summed E-state index contributed by atoms with van der Waals surface area (Å²) in [5.74, 6) is 0.335. The number of rotatable bonds is 2. The van der Waals surface area contributed by atoms with E-state index in [9.17, 15) is 4.57 Å². The average molecular weight is 223 g/mol. The van der Waals surface area contributed by atoms with E-state index in [2.05, 4.69) is 4.98 Å². The van der Waals surface area contributed by atoms with Gasteiger partial charge in [0.05, 0.1) is 0 Å². The van der Waals surface area contributed by atoms with Crippen LogP contribution in [0.3, 0.4) is 0 Å². The van der Waals surface area contributed by atoms with Gasteiger partial charge in [0.1, 0.15) is 5.52 Å². The lowest BCUT2D eigenvalue weighted by atomic mass is 10.2. The van der Waals surface area contributed by atoms with Gasteiger partial charge in [-0.05, 0) is 12.1 Å². The summed E-state index contributed by atoms with van der Waals surface area (Å²) < 4.78 is 16.1. The van der Waals surface area contributed by atoms with E-state index in [4.69, 9.17) is 9.42 Å². The van der Waals surface area contributed by atoms with Crippen LogP contribution in [-0.2, 0) is 4.57 Å². The summed E-state index contributed by atoms with van der Waals surface area (Å²) in [6, 6.07) is 8.92. The fraction of sp³-hybridized carbons (Fsp3) is 0.100. The van der Waals surface area contributed by atoms with Crippen molar-refractivity contribution in [3.05, 3.63) is 36.5 Å². The second-order valence-corrected chi connectivity index (χ2v) is 5.01. The van der Waals surface area contributed by atoms with E-state index in [-0.39, 0.29) is 0 Å². The number of benzene rings is 1. The molecule has 0 amide bonds. The first kappa shape index (κ1) is 10.1. The quantitative estimate of drug-likeness (QED) is 0.794. The van der Waals surface area contributed by atoms with Gasteiger partial charge in [-0.25, -0.2) is 4.57 Å². The molecule has 0 saturated heterocycles. The van der Waals surface area contributed by atoms with Gasteiger partial charge in [-0.2, -0.15) is 0 Å². The smallest absolute Gasteiger partial charge is 0.373 e. The summed E-state index contributed by atoms with van der Waals surface area (Å²) in [4.78, 5) is 13.2. The highest BCUT2D eigenvalue weighted by atomic mass is 31.2. The minimum atomic E-state index is -3.53. The number of aromatic nitrogens is 1. The van der Waals surface area contributed by atoms with E-state index in [0.717, 1.165) is 12.1 Å². The van der Waals surface area contributed by atoms with Crippen molar-refractivity contribution < 1.29 is 14.0 Å². The van der Waals surface area contributed by atoms with Crippen LogP contribution in [0, 0.1) is 0 Å². The number of nitrogens with zero attached hydrogens (tertiary/aromatic N) is 1. The molecule has 1 N–H and O–H groups in total. The molecule has 0 radical (unpaired) electrons.